The molecule has 4 nitrogen and oxygen atoms in total. The summed E-state index contributed by atoms with van der Waals surface area (Å²) in [6.07, 6.45) is 1.56. The molecule has 0 unspecified atom stereocenters. The Morgan fingerprint density at radius 1 is 1.00 bits per heavy atom. The summed E-state index contributed by atoms with van der Waals surface area (Å²) >= 11 is 0. The van der Waals surface area contributed by atoms with E-state index in [4.69, 9.17) is 0 Å². The van der Waals surface area contributed by atoms with E-state index >= 15 is 0 Å². The Labute approximate surface area is 150 Å². The van der Waals surface area contributed by atoms with Crippen molar-refractivity contribution in [2.24, 2.45) is 0 Å². The van der Waals surface area contributed by atoms with Gasteiger partial charge < -0.3 is 0 Å². The van der Waals surface area contributed by atoms with E-state index in [9.17, 15) is 8.42 Å². The van der Waals surface area contributed by atoms with E-state index in [1.807, 2.05) is 55.6 Å². The Hall–Kier alpha value is -2.39. The van der Waals surface area contributed by atoms with Gasteiger partial charge in [-0.25, -0.2) is 8.42 Å². The minimum absolute atomic E-state index is 0.0979. The monoisotopic (exact) mass is 354 g/mol. The number of sulfonamides is 1. The van der Waals surface area contributed by atoms with E-state index in [0.29, 0.717) is 6.54 Å². The summed E-state index contributed by atoms with van der Waals surface area (Å²) in [6.45, 7) is 1.48. The molecular formula is C20H22N2O2S. The van der Waals surface area contributed by atoms with Gasteiger partial charge in [0.1, 0.15) is 0 Å². The molecule has 0 heterocycles. The predicted molar refractivity (Wildman–Crippen MR) is 103 cm³/mol. The highest BCUT2D eigenvalue weighted by molar-refractivity contribution is 7.92. The van der Waals surface area contributed by atoms with Crippen LogP contribution in [0, 0.1) is 11.8 Å². The normalized spacial score (nSPS) is 11.4. The Morgan fingerprint density at radius 2 is 1.64 bits per heavy atom. The standard InChI is InChI=1S/C20H22N2O2S/c1-22(18-20-12-6-3-7-13-20)16-9-8-15-21-25(23,24)17-14-19-10-4-2-5-11-19/h2-7,10-14,17,21H,15-16,18H2,1H3/b17-14+. The minimum Gasteiger partial charge on any atom is -0.291 e. The average molecular weight is 354 g/mol. The molecule has 5 heteroatoms. The van der Waals surface area contributed by atoms with Crippen LogP contribution in [0.15, 0.2) is 66.1 Å². The smallest absolute Gasteiger partial charge is 0.234 e. The number of nitrogens with one attached hydrogen (secondary N) is 1. The largest absolute Gasteiger partial charge is 0.291 e. The van der Waals surface area contributed by atoms with Crippen molar-refractivity contribution < 1.29 is 8.42 Å². The molecule has 2 rings (SSSR count). The first kappa shape index (κ1) is 18.9. The van der Waals surface area contributed by atoms with Gasteiger partial charge >= 0.3 is 0 Å². The predicted octanol–water partition coefficient (Wildman–Crippen LogP) is 2.71. The van der Waals surface area contributed by atoms with Crippen molar-refractivity contribution in [1.82, 2.24) is 9.62 Å². The molecule has 25 heavy (non-hydrogen) atoms. The molecule has 0 atom stereocenters. The zero-order valence-electron chi connectivity index (χ0n) is 14.2. The van der Waals surface area contributed by atoms with Gasteiger partial charge in [-0.2, -0.15) is 4.72 Å². The van der Waals surface area contributed by atoms with Gasteiger partial charge in [-0.3, -0.25) is 4.90 Å². The van der Waals surface area contributed by atoms with E-state index in [-0.39, 0.29) is 6.54 Å². The summed E-state index contributed by atoms with van der Waals surface area (Å²) < 4.78 is 26.2. The topological polar surface area (TPSA) is 49.4 Å². The van der Waals surface area contributed by atoms with Gasteiger partial charge in [-0.05, 0) is 24.3 Å². The molecule has 0 saturated carbocycles. The van der Waals surface area contributed by atoms with Crippen LogP contribution < -0.4 is 4.72 Å². The maximum absolute atomic E-state index is 11.9. The van der Waals surface area contributed by atoms with Gasteiger partial charge in [0.2, 0.25) is 10.0 Å². The van der Waals surface area contributed by atoms with Crippen LogP contribution in [-0.4, -0.2) is 33.5 Å². The van der Waals surface area contributed by atoms with Crippen molar-refractivity contribution in [2.45, 2.75) is 6.54 Å². The molecule has 0 aromatic heterocycles. The van der Waals surface area contributed by atoms with Crippen molar-refractivity contribution >= 4 is 16.1 Å². The van der Waals surface area contributed by atoms with Crippen LogP contribution in [0.4, 0.5) is 0 Å². The second kappa shape index (κ2) is 9.80. The molecule has 0 aliphatic rings. The quantitative estimate of drug-likeness (QED) is 0.778. The van der Waals surface area contributed by atoms with E-state index < -0.39 is 10.0 Å². The van der Waals surface area contributed by atoms with Gasteiger partial charge in [-0.1, -0.05) is 72.5 Å². The maximum Gasteiger partial charge on any atom is 0.234 e. The van der Waals surface area contributed by atoms with Gasteiger partial charge in [0.15, 0.2) is 0 Å². The second-order valence-corrected chi connectivity index (χ2v) is 7.24. The third kappa shape index (κ3) is 7.81. The highest BCUT2D eigenvalue weighted by Gasteiger charge is 2.02. The number of hydrogen-bond donors (Lipinski definition) is 1. The molecule has 0 bridgehead atoms. The van der Waals surface area contributed by atoms with E-state index in [0.717, 1.165) is 17.5 Å². The first-order valence-corrected chi connectivity index (χ1v) is 9.51. The molecule has 2 aromatic rings. The fourth-order valence-corrected chi connectivity index (χ4v) is 2.83. The zero-order valence-corrected chi connectivity index (χ0v) is 15.0. The first-order valence-electron chi connectivity index (χ1n) is 7.96. The average Bonchev–Trinajstić information content (AvgIpc) is 2.61. The van der Waals surface area contributed by atoms with Crippen molar-refractivity contribution in [1.29, 1.82) is 0 Å². The lowest BCUT2D eigenvalue weighted by atomic mass is 10.2. The lowest BCUT2D eigenvalue weighted by Gasteiger charge is -2.12. The number of rotatable bonds is 7. The third-order valence-corrected chi connectivity index (χ3v) is 4.41. The maximum atomic E-state index is 11.9. The fourth-order valence-electron chi connectivity index (χ4n) is 2.12. The van der Waals surface area contributed by atoms with E-state index in [1.54, 1.807) is 6.08 Å². The Kier molecular flexibility index (Phi) is 7.42. The molecule has 0 spiro atoms. The van der Waals surface area contributed by atoms with Crippen molar-refractivity contribution in [3.63, 3.8) is 0 Å². The summed E-state index contributed by atoms with van der Waals surface area (Å²) in [5.41, 5.74) is 2.06. The van der Waals surface area contributed by atoms with Gasteiger partial charge in [-0.15, -0.1) is 0 Å². The van der Waals surface area contributed by atoms with Crippen molar-refractivity contribution in [3.8, 4) is 11.8 Å². The molecule has 0 fully saturated rings. The summed E-state index contributed by atoms with van der Waals surface area (Å²) in [7, 11) is -1.50. The summed E-state index contributed by atoms with van der Waals surface area (Å²) in [5, 5.41) is 1.16. The Bertz CT molecular complexity index is 836. The highest BCUT2D eigenvalue weighted by atomic mass is 32.2. The molecule has 0 radical (unpaired) electrons. The van der Waals surface area contributed by atoms with Crippen LogP contribution >= 0.6 is 0 Å². The number of nitrogens with zero attached hydrogens (tertiary/aromatic N) is 1. The fraction of sp³-hybridized carbons (Fsp3) is 0.200. The molecule has 2 aromatic carbocycles. The van der Waals surface area contributed by atoms with Crippen molar-refractivity contribution in [2.75, 3.05) is 20.1 Å². The van der Waals surface area contributed by atoms with Crippen LogP contribution in [0.25, 0.3) is 6.08 Å². The second-order valence-electron chi connectivity index (χ2n) is 5.59. The molecule has 0 aliphatic heterocycles. The highest BCUT2D eigenvalue weighted by Crippen LogP contribution is 2.03. The van der Waals surface area contributed by atoms with Crippen LogP contribution in [0.3, 0.4) is 0 Å². The lowest BCUT2D eigenvalue weighted by Crippen LogP contribution is -2.22. The van der Waals surface area contributed by atoms with E-state index in [1.165, 1.54) is 5.56 Å². The summed E-state index contributed by atoms with van der Waals surface area (Å²) in [6, 6.07) is 19.4. The first-order chi connectivity index (χ1) is 12.1. The van der Waals surface area contributed by atoms with Gasteiger partial charge in [0, 0.05) is 12.0 Å². The lowest BCUT2D eigenvalue weighted by molar-refractivity contribution is 0.369. The minimum atomic E-state index is -3.48. The van der Waals surface area contributed by atoms with Crippen LogP contribution in [0.1, 0.15) is 11.1 Å². The Balaban J connectivity index is 1.74. The zero-order chi connectivity index (χ0) is 18.0. The molecule has 0 saturated heterocycles. The van der Waals surface area contributed by atoms with Crippen LogP contribution in [0.2, 0.25) is 0 Å². The summed E-state index contributed by atoms with van der Waals surface area (Å²) in [4.78, 5) is 2.08. The van der Waals surface area contributed by atoms with Crippen LogP contribution in [0.5, 0.6) is 0 Å². The summed E-state index contributed by atoms with van der Waals surface area (Å²) in [5.74, 6) is 5.82. The number of hydrogen-bond acceptors (Lipinski definition) is 3. The van der Waals surface area contributed by atoms with Gasteiger partial charge in [0.05, 0.1) is 13.1 Å². The molecule has 130 valence electrons. The van der Waals surface area contributed by atoms with Gasteiger partial charge in [0.25, 0.3) is 0 Å². The van der Waals surface area contributed by atoms with E-state index in [2.05, 4.69) is 33.6 Å². The van der Waals surface area contributed by atoms with Crippen LogP contribution in [-0.2, 0) is 16.6 Å². The Morgan fingerprint density at radius 3 is 2.32 bits per heavy atom. The molecule has 0 aliphatic carbocycles. The SMILES string of the molecule is CN(CC#CCNS(=O)(=O)/C=C/c1ccccc1)Cc1ccccc1. The number of benzene rings is 2. The third-order valence-electron chi connectivity index (χ3n) is 3.37. The molecule has 1 N–H and O–H groups in total. The van der Waals surface area contributed by atoms with Crippen molar-refractivity contribution in [3.05, 3.63) is 77.2 Å². The molecule has 0 amide bonds. The molecular weight excluding hydrogens is 332 g/mol.